The first-order valence-electron chi connectivity index (χ1n) is 4.73. The molecule has 0 aliphatic rings. The Morgan fingerprint density at radius 1 is 1.44 bits per heavy atom. The third kappa shape index (κ3) is 1.76. The van der Waals surface area contributed by atoms with Crippen LogP contribution in [0.4, 0.5) is 13.2 Å². The number of aromatic nitrogens is 2. The Kier molecular flexibility index (Phi) is 2.59. The molecule has 3 N–H and O–H groups in total. The number of aromatic amines is 1. The van der Waals surface area contributed by atoms with E-state index < -0.39 is 18.6 Å². The molecule has 6 heteroatoms. The first-order valence-corrected chi connectivity index (χ1v) is 4.73. The maximum absolute atomic E-state index is 12.7. The van der Waals surface area contributed by atoms with E-state index in [0.29, 0.717) is 11.0 Å². The second-order valence-electron chi connectivity index (χ2n) is 3.47. The van der Waals surface area contributed by atoms with Crippen molar-refractivity contribution in [2.75, 3.05) is 6.54 Å². The summed E-state index contributed by atoms with van der Waals surface area (Å²) >= 11 is 0. The van der Waals surface area contributed by atoms with Gasteiger partial charge in [0, 0.05) is 24.3 Å². The van der Waals surface area contributed by atoms with Gasteiger partial charge in [-0.2, -0.15) is 13.2 Å². The SMILES string of the molecule is NC[C@H](c1c[nH]c2ncccc12)C(F)(F)F. The molecule has 3 nitrogen and oxygen atoms in total. The molecule has 86 valence electrons. The highest BCUT2D eigenvalue weighted by atomic mass is 19.4. The van der Waals surface area contributed by atoms with Gasteiger partial charge in [-0.15, -0.1) is 0 Å². The minimum absolute atomic E-state index is 0.151. The maximum Gasteiger partial charge on any atom is 0.397 e. The number of hydrogen-bond donors (Lipinski definition) is 2. The van der Waals surface area contributed by atoms with Crippen LogP contribution >= 0.6 is 0 Å². The van der Waals surface area contributed by atoms with Crippen molar-refractivity contribution >= 4 is 11.0 Å². The third-order valence-corrected chi connectivity index (χ3v) is 2.49. The Balaban J connectivity index is 2.54. The highest BCUT2D eigenvalue weighted by molar-refractivity contribution is 5.80. The number of halogens is 3. The number of H-pyrrole nitrogens is 1. The van der Waals surface area contributed by atoms with Crippen LogP contribution in [-0.4, -0.2) is 22.7 Å². The van der Waals surface area contributed by atoms with Crippen LogP contribution in [0.15, 0.2) is 24.5 Å². The summed E-state index contributed by atoms with van der Waals surface area (Å²) in [6.45, 7) is -0.467. The lowest BCUT2D eigenvalue weighted by molar-refractivity contribution is -0.147. The van der Waals surface area contributed by atoms with Gasteiger partial charge in [0.05, 0.1) is 5.92 Å². The Morgan fingerprint density at radius 3 is 2.81 bits per heavy atom. The summed E-state index contributed by atoms with van der Waals surface area (Å²) in [7, 11) is 0. The minimum atomic E-state index is -4.33. The van der Waals surface area contributed by atoms with E-state index in [1.807, 2.05) is 0 Å². The topological polar surface area (TPSA) is 54.7 Å². The van der Waals surface area contributed by atoms with Crippen molar-refractivity contribution in [1.82, 2.24) is 9.97 Å². The van der Waals surface area contributed by atoms with Gasteiger partial charge < -0.3 is 10.7 Å². The number of nitrogens with zero attached hydrogens (tertiary/aromatic N) is 1. The van der Waals surface area contributed by atoms with E-state index in [-0.39, 0.29) is 5.56 Å². The zero-order valence-corrected chi connectivity index (χ0v) is 8.25. The largest absolute Gasteiger partial charge is 0.397 e. The molecule has 0 fully saturated rings. The van der Waals surface area contributed by atoms with Gasteiger partial charge in [0.1, 0.15) is 5.65 Å². The van der Waals surface area contributed by atoms with E-state index in [2.05, 4.69) is 9.97 Å². The van der Waals surface area contributed by atoms with Gasteiger partial charge in [-0.3, -0.25) is 0 Å². The van der Waals surface area contributed by atoms with Crippen LogP contribution in [-0.2, 0) is 0 Å². The standard InChI is InChI=1S/C10H10F3N3/c11-10(12,13)8(4-14)7-5-16-9-6(7)2-1-3-15-9/h1-3,5,8H,4,14H2,(H,15,16)/t8-/m1/s1. The first kappa shape index (κ1) is 10.9. The number of fused-ring (bicyclic) bond motifs is 1. The number of rotatable bonds is 2. The molecule has 0 aliphatic heterocycles. The number of nitrogens with one attached hydrogen (secondary N) is 1. The van der Waals surface area contributed by atoms with Crippen LogP contribution in [0.1, 0.15) is 11.5 Å². The van der Waals surface area contributed by atoms with Crippen molar-refractivity contribution in [2.45, 2.75) is 12.1 Å². The monoisotopic (exact) mass is 229 g/mol. The van der Waals surface area contributed by atoms with Crippen molar-refractivity contribution in [3.8, 4) is 0 Å². The van der Waals surface area contributed by atoms with Crippen LogP contribution in [0.25, 0.3) is 11.0 Å². The van der Waals surface area contributed by atoms with Crippen molar-refractivity contribution < 1.29 is 13.2 Å². The van der Waals surface area contributed by atoms with E-state index in [0.717, 1.165) is 0 Å². The molecule has 2 aromatic rings. The molecule has 2 rings (SSSR count). The lowest BCUT2D eigenvalue weighted by Gasteiger charge is -2.17. The van der Waals surface area contributed by atoms with Crippen molar-refractivity contribution in [3.63, 3.8) is 0 Å². The number of alkyl halides is 3. The van der Waals surface area contributed by atoms with Crippen LogP contribution in [0.5, 0.6) is 0 Å². The average Bonchev–Trinajstić information content (AvgIpc) is 2.61. The van der Waals surface area contributed by atoms with E-state index in [9.17, 15) is 13.2 Å². The fourth-order valence-electron chi connectivity index (χ4n) is 1.70. The zero-order valence-electron chi connectivity index (χ0n) is 8.25. The average molecular weight is 229 g/mol. The molecule has 0 amide bonds. The first-order chi connectivity index (χ1) is 7.54. The van der Waals surface area contributed by atoms with E-state index in [1.165, 1.54) is 12.4 Å². The van der Waals surface area contributed by atoms with Crippen molar-refractivity contribution in [2.24, 2.45) is 5.73 Å². The Morgan fingerprint density at radius 2 is 2.19 bits per heavy atom. The van der Waals surface area contributed by atoms with Gasteiger partial charge in [-0.1, -0.05) is 0 Å². The minimum Gasteiger partial charge on any atom is -0.346 e. The van der Waals surface area contributed by atoms with Crippen LogP contribution in [0.3, 0.4) is 0 Å². The summed E-state index contributed by atoms with van der Waals surface area (Å²) in [4.78, 5) is 6.65. The summed E-state index contributed by atoms with van der Waals surface area (Å²) in [6, 6.07) is 3.20. The number of nitrogens with two attached hydrogens (primary N) is 1. The van der Waals surface area contributed by atoms with Crippen molar-refractivity contribution in [1.29, 1.82) is 0 Å². The molecule has 0 saturated carbocycles. The molecule has 0 unspecified atom stereocenters. The lowest BCUT2D eigenvalue weighted by atomic mass is 9.99. The fourth-order valence-corrected chi connectivity index (χ4v) is 1.70. The van der Waals surface area contributed by atoms with Crippen molar-refractivity contribution in [3.05, 3.63) is 30.1 Å². The molecule has 0 saturated heterocycles. The molecule has 16 heavy (non-hydrogen) atoms. The van der Waals surface area contributed by atoms with E-state index >= 15 is 0 Å². The number of hydrogen-bond acceptors (Lipinski definition) is 2. The quantitative estimate of drug-likeness (QED) is 0.829. The second kappa shape index (κ2) is 3.79. The maximum atomic E-state index is 12.7. The van der Waals surface area contributed by atoms with Gasteiger partial charge in [-0.05, 0) is 17.7 Å². The molecular weight excluding hydrogens is 219 g/mol. The second-order valence-corrected chi connectivity index (χ2v) is 3.47. The molecule has 0 radical (unpaired) electrons. The zero-order chi connectivity index (χ0) is 11.8. The van der Waals surface area contributed by atoms with Gasteiger partial charge in [0.15, 0.2) is 0 Å². The number of pyridine rings is 1. The summed E-state index contributed by atoms with van der Waals surface area (Å²) in [5, 5.41) is 0.468. The fraction of sp³-hybridized carbons (Fsp3) is 0.300. The summed E-state index contributed by atoms with van der Waals surface area (Å²) < 4.78 is 38.1. The molecule has 0 bridgehead atoms. The van der Waals surface area contributed by atoms with Crippen LogP contribution < -0.4 is 5.73 Å². The Labute approximate surface area is 89.5 Å². The van der Waals surface area contributed by atoms with E-state index in [1.54, 1.807) is 12.1 Å². The molecule has 0 aromatic carbocycles. The van der Waals surface area contributed by atoms with Crippen LogP contribution in [0, 0.1) is 0 Å². The predicted octanol–water partition coefficient (Wildman–Crippen LogP) is 2.17. The Bertz CT molecular complexity index is 489. The molecule has 0 spiro atoms. The highest BCUT2D eigenvalue weighted by Gasteiger charge is 2.40. The molecule has 2 aromatic heterocycles. The summed E-state index contributed by atoms with van der Waals surface area (Å²) in [5.41, 5.74) is 5.78. The molecule has 2 heterocycles. The lowest BCUT2D eigenvalue weighted by Crippen LogP contribution is -2.27. The molecule has 1 atom stereocenters. The highest BCUT2D eigenvalue weighted by Crippen LogP contribution is 2.36. The molecule has 0 aliphatic carbocycles. The Hall–Kier alpha value is -1.56. The smallest absolute Gasteiger partial charge is 0.346 e. The summed E-state index contributed by atoms with van der Waals surface area (Å²) in [5.74, 6) is -1.65. The predicted molar refractivity (Wildman–Crippen MR) is 53.9 cm³/mol. The van der Waals surface area contributed by atoms with Gasteiger partial charge in [0.2, 0.25) is 0 Å². The molecular formula is C10H10F3N3. The third-order valence-electron chi connectivity index (χ3n) is 2.49. The van der Waals surface area contributed by atoms with Gasteiger partial charge in [0.25, 0.3) is 0 Å². The normalized spacial score (nSPS) is 14.2. The van der Waals surface area contributed by atoms with E-state index in [4.69, 9.17) is 5.73 Å². The van der Waals surface area contributed by atoms with Gasteiger partial charge >= 0.3 is 6.18 Å². The van der Waals surface area contributed by atoms with Crippen LogP contribution in [0.2, 0.25) is 0 Å². The van der Waals surface area contributed by atoms with Gasteiger partial charge in [-0.25, -0.2) is 4.98 Å². The summed E-state index contributed by atoms with van der Waals surface area (Å²) in [6.07, 6.45) is -1.49.